The van der Waals surface area contributed by atoms with E-state index in [-0.39, 0.29) is 11.7 Å². The number of hydrogen-bond acceptors (Lipinski definition) is 3. The third-order valence-electron chi connectivity index (χ3n) is 5.01. The number of carbonyl (C=O) groups is 1. The summed E-state index contributed by atoms with van der Waals surface area (Å²) < 4.78 is 2.69. The summed E-state index contributed by atoms with van der Waals surface area (Å²) in [6.45, 7) is 6.07. The van der Waals surface area contributed by atoms with Crippen molar-refractivity contribution in [1.29, 1.82) is 0 Å². The van der Waals surface area contributed by atoms with E-state index in [0.717, 1.165) is 32.5 Å². The van der Waals surface area contributed by atoms with Gasteiger partial charge < -0.3 is 5.32 Å². The van der Waals surface area contributed by atoms with Gasteiger partial charge in [-0.1, -0.05) is 52.3 Å². The van der Waals surface area contributed by atoms with Gasteiger partial charge in [0.25, 0.3) is 5.91 Å². The summed E-state index contributed by atoms with van der Waals surface area (Å²) in [5.74, 6) is 0.395. The number of aryl methyl sites for hydroxylation is 3. The summed E-state index contributed by atoms with van der Waals surface area (Å²) >= 11 is 3.44. The van der Waals surface area contributed by atoms with Crippen LogP contribution in [0.15, 0.2) is 71.2 Å². The Hall–Kier alpha value is -3.25. The predicted octanol–water partition coefficient (Wildman–Crippen LogP) is 5.87. The maximum Gasteiger partial charge on any atom is 0.295 e. The minimum atomic E-state index is -0.347. The molecule has 0 radical (unpaired) electrons. The van der Waals surface area contributed by atoms with Crippen LogP contribution in [0.4, 0.5) is 5.69 Å². The highest BCUT2D eigenvalue weighted by Crippen LogP contribution is 2.24. The highest BCUT2D eigenvalue weighted by molar-refractivity contribution is 9.10. The number of halogens is 1. The number of rotatable bonds is 4. The van der Waals surface area contributed by atoms with Crippen LogP contribution < -0.4 is 5.32 Å². The van der Waals surface area contributed by atoms with Crippen molar-refractivity contribution in [2.24, 2.45) is 0 Å². The van der Waals surface area contributed by atoms with Crippen molar-refractivity contribution in [2.45, 2.75) is 20.8 Å². The Labute approximate surface area is 183 Å². The molecule has 3 aromatic carbocycles. The van der Waals surface area contributed by atoms with Crippen molar-refractivity contribution in [3.05, 3.63) is 93.7 Å². The van der Waals surface area contributed by atoms with Gasteiger partial charge in [0, 0.05) is 15.7 Å². The highest BCUT2D eigenvalue weighted by atomic mass is 79.9. The number of nitrogens with zero attached hydrogens (tertiary/aromatic N) is 3. The van der Waals surface area contributed by atoms with Gasteiger partial charge in [0.15, 0.2) is 5.82 Å². The molecule has 0 saturated carbocycles. The Morgan fingerprint density at radius 1 is 0.900 bits per heavy atom. The van der Waals surface area contributed by atoms with Gasteiger partial charge in [-0.3, -0.25) is 4.79 Å². The van der Waals surface area contributed by atoms with E-state index in [2.05, 4.69) is 51.2 Å². The van der Waals surface area contributed by atoms with Crippen molar-refractivity contribution in [1.82, 2.24) is 14.8 Å². The smallest absolute Gasteiger partial charge is 0.295 e. The molecule has 0 aliphatic heterocycles. The zero-order valence-corrected chi connectivity index (χ0v) is 18.6. The molecule has 0 saturated heterocycles. The standard InChI is InChI=1S/C24H21BrN4O/c1-15-9-11-20(14-16(15)2)29-23(18-7-5-4-6-8-18)27-22(28-29)24(30)26-21-12-10-19(25)13-17(21)3/h4-14H,1-3H3,(H,26,30). The summed E-state index contributed by atoms with van der Waals surface area (Å²) in [7, 11) is 0. The Morgan fingerprint density at radius 2 is 1.67 bits per heavy atom. The van der Waals surface area contributed by atoms with Crippen molar-refractivity contribution in [2.75, 3.05) is 5.32 Å². The van der Waals surface area contributed by atoms with Gasteiger partial charge >= 0.3 is 0 Å². The van der Waals surface area contributed by atoms with Crippen LogP contribution in [0.1, 0.15) is 27.3 Å². The molecule has 1 heterocycles. The zero-order valence-electron chi connectivity index (χ0n) is 17.0. The summed E-state index contributed by atoms with van der Waals surface area (Å²) in [6.07, 6.45) is 0. The van der Waals surface area contributed by atoms with Crippen LogP contribution in [-0.4, -0.2) is 20.7 Å². The quantitative estimate of drug-likeness (QED) is 0.413. The fourth-order valence-corrected chi connectivity index (χ4v) is 3.64. The first-order valence-corrected chi connectivity index (χ1v) is 10.4. The van der Waals surface area contributed by atoms with E-state index in [1.54, 1.807) is 4.68 Å². The highest BCUT2D eigenvalue weighted by Gasteiger charge is 2.19. The van der Waals surface area contributed by atoms with Gasteiger partial charge in [0.2, 0.25) is 5.82 Å². The Morgan fingerprint density at radius 3 is 2.37 bits per heavy atom. The molecule has 4 rings (SSSR count). The van der Waals surface area contributed by atoms with Gasteiger partial charge in [0.05, 0.1) is 5.69 Å². The molecular formula is C24H21BrN4O. The van der Waals surface area contributed by atoms with E-state index in [0.29, 0.717) is 5.82 Å². The monoisotopic (exact) mass is 460 g/mol. The lowest BCUT2D eigenvalue weighted by atomic mass is 10.1. The molecule has 0 fully saturated rings. The third-order valence-corrected chi connectivity index (χ3v) is 5.51. The molecule has 0 aliphatic rings. The van der Waals surface area contributed by atoms with E-state index in [1.807, 2.05) is 67.6 Å². The second kappa shape index (κ2) is 8.24. The van der Waals surface area contributed by atoms with Gasteiger partial charge in [-0.15, -0.1) is 5.10 Å². The molecular weight excluding hydrogens is 440 g/mol. The Kier molecular flexibility index (Phi) is 5.50. The minimum absolute atomic E-state index is 0.120. The topological polar surface area (TPSA) is 59.8 Å². The van der Waals surface area contributed by atoms with Crippen LogP contribution in [0.2, 0.25) is 0 Å². The lowest BCUT2D eigenvalue weighted by Crippen LogP contribution is -2.15. The van der Waals surface area contributed by atoms with Crippen LogP contribution in [-0.2, 0) is 0 Å². The molecule has 0 unspecified atom stereocenters. The second-order valence-corrected chi connectivity index (χ2v) is 8.13. The van der Waals surface area contributed by atoms with E-state index in [9.17, 15) is 4.79 Å². The molecule has 1 aromatic heterocycles. The first kappa shape index (κ1) is 20.0. The molecule has 5 nitrogen and oxygen atoms in total. The summed E-state index contributed by atoms with van der Waals surface area (Å²) in [5, 5.41) is 7.47. The first-order chi connectivity index (χ1) is 14.4. The van der Waals surface area contributed by atoms with Crippen molar-refractivity contribution in [3.63, 3.8) is 0 Å². The van der Waals surface area contributed by atoms with Gasteiger partial charge in [-0.2, -0.15) is 0 Å². The van der Waals surface area contributed by atoms with Crippen LogP contribution in [0.25, 0.3) is 17.1 Å². The normalized spacial score (nSPS) is 10.8. The van der Waals surface area contributed by atoms with E-state index in [4.69, 9.17) is 0 Å². The van der Waals surface area contributed by atoms with Crippen molar-refractivity contribution >= 4 is 27.5 Å². The van der Waals surface area contributed by atoms with Crippen LogP contribution >= 0.6 is 15.9 Å². The van der Waals surface area contributed by atoms with Crippen molar-refractivity contribution < 1.29 is 4.79 Å². The van der Waals surface area contributed by atoms with E-state index < -0.39 is 0 Å². The predicted molar refractivity (Wildman–Crippen MR) is 123 cm³/mol. The number of amides is 1. The molecule has 0 atom stereocenters. The van der Waals surface area contributed by atoms with E-state index >= 15 is 0 Å². The molecule has 0 aliphatic carbocycles. The zero-order chi connectivity index (χ0) is 21.3. The Bertz CT molecular complexity index is 1230. The minimum Gasteiger partial charge on any atom is -0.319 e. The van der Waals surface area contributed by atoms with Crippen molar-refractivity contribution in [3.8, 4) is 17.1 Å². The number of aromatic nitrogens is 3. The fourth-order valence-electron chi connectivity index (χ4n) is 3.17. The maximum atomic E-state index is 12.9. The lowest BCUT2D eigenvalue weighted by Gasteiger charge is -2.08. The van der Waals surface area contributed by atoms with Gasteiger partial charge in [-0.25, -0.2) is 9.67 Å². The van der Waals surface area contributed by atoms with E-state index in [1.165, 1.54) is 5.56 Å². The fraction of sp³-hybridized carbons (Fsp3) is 0.125. The van der Waals surface area contributed by atoms with Gasteiger partial charge in [0.1, 0.15) is 0 Å². The average molecular weight is 461 g/mol. The van der Waals surface area contributed by atoms with Crippen LogP contribution in [0.5, 0.6) is 0 Å². The number of anilines is 1. The summed E-state index contributed by atoms with van der Waals surface area (Å²) in [5.41, 5.74) is 5.79. The average Bonchev–Trinajstić information content (AvgIpc) is 3.18. The number of carbonyl (C=O) groups excluding carboxylic acids is 1. The Balaban J connectivity index is 1.76. The molecule has 1 amide bonds. The summed E-state index contributed by atoms with van der Waals surface area (Å²) in [6, 6.07) is 21.5. The largest absolute Gasteiger partial charge is 0.319 e. The SMILES string of the molecule is Cc1ccc(-n2nc(C(=O)Nc3ccc(Br)cc3C)nc2-c2ccccc2)cc1C. The molecule has 30 heavy (non-hydrogen) atoms. The molecule has 6 heteroatoms. The first-order valence-electron chi connectivity index (χ1n) is 9.60. The van der Waals surface area contributed by atoms with Crippen LogP contribution in [0, 0.1) is 20.8 Å². The molecule has 0 spiro atoms. The second-order valence-electron chi connectivity index (χ2n) is 7.22. The molecule has 4 aromatic rings. The molecule has 1 N–H and O–H groups in total. The third kappa shape index (κ3) is 4.04. The maximum absolute atomic E-state index is 12.9. The van der Waals surface area contributed by atoms with Crippen LogP contribution in [0.3, 0.4) is 0 Å². The van der Waals surface area contributed by atoms with Gasteiger partial charge in [-0.05, 0) is 67.8 Å². The number of benzene rings is 3. The lowest BCUT2D eigenvalue weighted by molar-refractivity contribution is 0.101. The number of hydrogen-bond donors (Lipinski definition) is 1. The number of nitrogens with one attached hydrogen (secondary N) is 1. The molecule has 150 valence electrons. The molecule has 0 bridgehead atoms. The summed E-state index contributed by atoms with van der Waals surface area (Å²) in [4.78, 5) is 17.5.